The zero-order valence-electron chi connectivity index (χ0n) is 18.5. The highest BCUT2D eigenvalue weighted by Crippen LogP contribution is 2.28. The molecule has 3 aromatic rings. The van der Waals surface area contributed by atoms with Crippen LogP contribution >= 0.6 is 12.2 Å². The van der Waals surface area contributed by atoms with Crippen LogP contribution in [-0.4, -0.2) is 46.5 Å². The summed E-state index contributed by atoms with van der Waals surface area (Å²) < 4.78 is 18.6. The summed E-state index contributed by atoms with van der Waals surface area (Å²) in [5.74, 6) is -0.397. The third kappa shape index (κ3) is 5.20. The Kier molecular flexibility index (Phi) is 7.12. The Morgan fingerprint density at radius 3 is 2.50 bits per heavy atom. The molecule has 0 saturated carbocycles. The second kappa shape index (κ2) is 10.4. The fourth-order valence-corrected chi connectivity index (χ4v) is 4.17. The minimum atomic E-state index is -0.792. The van der Waals surface area contributed by atoms with Gasteiger partial charge in [-0.2, -0.15) is 0 Å². The highest BCUT2D eigenvalue weighted by Gasteiger charge is 2.43. The molecule has 2 heterocycles. The van der Waals surface area contributed by atoms with Gasteiger partial charge in [0.15, 0.2) is 5.11 Å². The first-order valence-electron chi connectivity index (χ1n) is 10.7. The van der Waals surface area contributed by atoms with E-state index in [1.165, 1.54) is 29.2 Å². The van der Waals surface area contributed by atoms with Gasteiger partial charge in [0.1, 0.15) is 17.6 Å². The van der Waals surface area contributed by atoms with Gasteiger partial charge in [-0.25, -0.2) is 4.39 Å². The van der Waals surface area contributed by atoms with E-state index in [-0.39, 0.29) is 23.3 Å². The Hall–Kier alpha value is -3.85. The summed E-state index contributed by atoms with van der Waals surface area (Å²) in [6.45, 7) is 0.403. The molecule has 1 aliphatic rings. The number of methoxy groups -OCH3 is 1. The minimum absolute atomic E-state index is 0.0923. The average molecular weight is 479 g/mol. The number of thiocarbonyl (C=S) groups is 1. The lowest BCUT2D eigenvalue weighted by Crippen LogP contribution is -2.39. The lowest BCUT2D eigenvalue weighted by molar-refractivity contribution is -0.124. The molecule has 0 bridgehead atoms. The maximum atomic E-state index is 13.4. The normalized spacial score (nSPS) is 15.5. The first-order valence-corrected chi connectivity index (χ1v) is 11.1. The second-order valence-electron chi connectivity index (χ2n) is 7.69. The molecule has 1 fully saturated rings. The molecule has 1 unspecified atom stereocenters. The van der Waals surface area contributed by atoms with Gasteiger partial charge >= 0.3 is 0 Å². The Labute approximate surface area is 202 Å². The van der Waals surface area contributed by atoms with Gasteiger partial charge < -0.3 is 15.0 Å². The zero-order chi connectivity index (χ0) is 24.1. The Morgan fingerprint density at radius 2 is 1.85 bits per heavy atom. The van der Waals surface area contributed by atoms with Crippen LogP contribution in [0.15, 0.2) is 72.9 Å². The molecule has 174 valence electrons. The minimum Gasteiger partial charge on any atom is -0.497 e. The molecule has 0 radical (unpaired) electrons. The van der Waals surface area contributed by atoms with E-state index in [9.17, 15) is 14.0 Å². The summed E-state index contributed by atoms with van der Waals surface area (Å²) in [4.78, 5) is 33.6. The Balaban J connectivity index is 1.53. The van der Waals surface area contributed by atoms with Crippen LogP contribution in [0.25, 0.3) is 0 Å². The average Bonchev–Trinajstić information content (AvgIpc) is 3.08. The molecule has 9 heteroatoms. The number of rotatable bonds is 8. The van der Waals surface area contributed by atoms with Crippen LogP contribution in [0.3, 0.4) is 0 Å². The van der Waals surface area contributed by atoms with Gasteiger partial charge in [-0.1, -0.05) is 6.07 Å². The molecule has 1 aliphatic heterocycles. The molecule has 0 spiro atoms. The van der Waals surface area contributed by atoms with Gasteiger partial charge in [0.2, 0.25) is 5.91 Å². The maximum Gasteiger partial charge on any atom is 0.256 e. The predicted octanol–water partition coefficient (Wildman–Crippen LogP) is 3.80. The van der Waals surface area contributed by atoms with Crippen LogP contribution in [0.1, 0.15) is 12.1 Å². The number of hydrogen-bond acceptors (Lipinski definition) is 5. The zero-order valence-corrected chi connectivity index (χ0v) is 19.3. The number of nitrogens with one attached hydrogen (secondary N) is 1. The fourth-order valence-electron chi connectivity index (χ4n) is 3.76. The molecule has 0 aliphatic carbocycles. The summed E-state index contributed by atoms with van der Waals surface area (Å²) >= 11 is 5.63. The molecule has 1 saturated heterocycles. The van der Waals surface area contributed by atoms with E-state index in [0.717, 1.165) is 5.69 Å². The number of ether oxygens (including phenoxy) is 1. The van der Waals surface area contributed by atoms with Crippen molar-refractivity contribution in [1.82, 2.24) is 9.88 Å². The van der Waals surface area contributed by atoms with E-state index < -0.39 is 11.9 Å². The van der Waals surface area contributed by atoms with Gasteiger partial charge in [-0.05, 0) is 72.9 Å². The highest BCUT2D eigenvalue weighted by molar-refractivity contribution is 7.80. The van der Waals surface area contributed by atoms with E-state index in [4.69, 9.17) is 17.0 Å². The third-order valence-electron chi connectivity index (χ3n) is 5.49. The first kappa shape index (κ1) is 23.3. The first-order chi connectivity index (χ1) is 16.5. The predicted molar refractivity (Wildman–Crippen MR) is 131 cm³/mol. The molecule has 1 aromatic heterocycles. The number of carbonyl (C=O) groups excluding carboxylic acids is 2. The number of carbonyl (C=O) groups is 2. The van der Waals surface area contributed by atoms with Gasteiger partial charge in [-0.15, -0.1) is 0 Å². The van der Waals surface area contributed by atoms with Gasteiger partial charge in [-0.3, -0.25) is 19.5 Å². The summed E-state index contributed by atoms with van der Waals surface area (Å²) in [6.07, 6.45) is 2.15. The van der Waals surface area contributed by atoms with E-state index in [1.54, 1.807) is 42.5 Å². The number of benzene rings is 2. The van der Waals surface area contributed by atoms with Crippen LogP contribution in [0.5, 0.6) is 5.75 Å². The largest absolute Gasteiger partial charge is 0.497 e. The van der Waals surface area contributed by atoms with Gasteiger partial charge in [0.25, 0.3) is 5.91 Å². The summed E-state index contributed by atoms with van der Waals surface area (Å²) in [6, 6.07) is 17.3. The molecule has 1 N–H and O–H groups in total. The van der Waals surface area contributed by atoms with Crippen LogP contribution in [0, 0.1) is 5.82 Å². The molecule has 2 aromatic carbocycles. The second-order valence-corrected chi connectivity index (χ2v) is 8.06. The van der Waals surface area contributed by atoms with Crippen molar-refractivity contribution >= 4 is 40.5 Å². The molecule has 1 atom stereocenters. The molecule has 34 heavy (non-hydrogen) atoms. The topological polar surface area (TPSA) is 74.8 Å². The van der Waals surface area contributed by atoms with Crippen molar-refractivity contribution in [2.75, 3.05) is 23.9 Å². The van der Waals surface area contributed by atoms with Crippen molar-refractivity contribution in [3.05, 3.63) is 84.4 Å². The van der Waals surface area contributed by atoms with Crippen LogP contribution < -0.4 is 15.0 Å². The van der Waals surface area contributed by atoms with Crippen molar-refractivity contribution < 1.29 is 18.7 Å². The fraction of sp³-hybridized carbons (Fsp3) is 0.200. The number of anilines is 2. The Morgan fingerprint density at radius 1 is 1.12 bits per heavy atom. The van der Waals surface area contributed by atoms with E-state index in [2.05, 4.69) is 10.3 Å². The van der Waals surface area contributed by atoms with Crippen LogP contribution in [-0.2, 0) is 16.0 Å². The number of amides is 2. The lowest BCUT2D eigenvalue weighted by Gasteiger charge is -2.23. The van der Waals surface area contributed by atoms with Crippen molar-refractivity contribution in [2.24, 2.45) is 0 Å². The molecular formula is C25H23FN4O3S. The summed E-state index contributed by atoms with van der Waals surface area (Å²) in [5, 5.41) is 3.09. The maximum absolute atomic E-state index is 13.4. The van der Waals surface area contributed by atoms with Crippen molar-refractivity contribution in [2.45, 2.75) is 18.9 Å². The molecule has 7 nitrogen and oxygen atoms in total. The number of hydrogen-bond donors (Lipinski definition) is 1. The number of pyridine rings is 1. The number of aromatic nitrogens is 1. The van der Waals surface area contributed by atoms with Gasteiger partial charge in [0.05, 0.1) is 19.2 Å². The highest BCUT2D eigenvalue weighted by atomic mass is 32.1. The Bertz CT molecular complexity index is 1170. The van der Waals surface area contributed by atoms with Gasteiger partial charge in [0, 0.05) is 30.5 Å². The van der Waals surface area contributed by atoms with Crippen molar-refractivity contribution in [3.63, 3.8) is 0 Å². The van der Waals surface area contributed by atoms with E-state index in [1.807, 2.05) is 18.2 Å². The van der Waals surface area contributed by atoms with Crippen LogP contribution in [0.4, 0.5) is 15.8 Å². The summed E-state index contributed by atoms with van der Waals surface area (Å²) in [7, 11) is 1.56. The third-order valence-corrected chi connectivity index (χ3v) is 5.91. The smallest absolute Gasteiger partial charge is 0.256 e. The van der Waals surface area contributed by atoms with E-state index in [0.29, 0.717) is 30.1 Å². The number of halogens is 1. The van der Waals surface area contributed by atoms with Crippen molar-refractivity contribution in [3.8, 4) is 5.75 Å². The quantitative estimate of drug-likeness (QED) is 0.497. The molecule has 4 rings (SSSR count). The van der Waals surface area contributed by atoms with E-state index >= 15 is 0 Å². The molecule has 2 amide bonds. The number of nitrogens with zero attached hydrogens (tertiary/aromatic N) is 3. The monoisotopic (exact) mass is 478 g/mol. The SMILES string of the molecule is COc1ccc(NC(=O)CC2C(=O)N(c3ccc(F)cc3)C(=S)N2CCc2ccccn2)cc1. The summed E-state index contributed by atoms with van der Waals surface area (Å²) in [5.41, 5.74) is 1.89. The van der Waals surface area contributed by atoms with Crippen molar-refractivity contribution in [1.29, 1.82) is 0 Å². The standard InChI is InChI=1S/C25H23FN4O3S/c1-33-21-11-7-19(8-12-21)28-23(31)16-22-24(32)30(20-9-5-17(26)6-10-20)25(34)29(22)15-13-18-4-2-3-14-27-18/h2-12,14,22H,13,15-16H2,1H3,(H,28,31). The van der Waals surface area contributed by atoms with Crippen LogP contribution in [0.2, 0.25) is 0 Å². The lowest BCUT2D eigenvalue weighted by atomic mass is 10.1. The molecular weight excluding hydrogens is 455 g/mol.